The van der Waals surface area contributed by atoms with E-state index in [1.807, 2.05) is 36.2 Å². The van der Waals surface area contributed by atoms with Crippen LogP contribution in [0.1, 0.15) is 61.9 Å². The van der Waals surface area contributed by atoms with Crippen molar-refractivity contribution in [2.24, 2.45) is 7.05 Å². The summed E-state index contributed by atoms with van der Waals surface area (Å²) < 4.78 is 14.1. The second-order valence-corrected chi connectivity index (χ2v) is 18.2. The van der Waals surface area contributed by atoms with E-state index >= 15 is 0 Å². The molecule has 0 aliphatic carbocycles. The largest absolute Gasteiger partial charge is 0.493 e. The summed E-state index contributed by atoms with van der Waals surface area (Å²) in [5, 5.41) is 11.3. The number of hydrogen-bond acceptors (Lipinski definition) is 13. The van der Waals surface area contributed by atoms with Crippen molar-refractivity contribution < 1.29 is 43.0 Å². The number of para-hydroxylation sites is 1. The minimum atomic E-state index is -0.507. The number of ether oxygens (including phenoxy) is 2. The minimum Gasteiger partial charge on any atom is -0.493 e. The number of imide groups is 1. The Labute approximate surface area is 388 Å². The Kier molecular flexibility index (Phi) is 13.6. The summed E-state index contributed by atoms with van der Waals surface area (Å²) in [6.07, 6.45) is 4.76. The van der Waals surface area contributed by atoms with Gasteiger partial charge < -0.3 is 45.1 Å². The molecule has 18 nitrogen and oxygen atoms in total. The van der Waals surface area contributed by atoms with Gasteiger partial charge in [-0.3, -0.25) is 38.5 Å². The first-order valence-electron chi connectivity index (χ1n) is 21.4. The van der Waals surface area contributed by atoms with Crippen molar-refractivity contribution in [3.8, 4) is 11.5 Å². The highest BCUT2D eigenvalue weighted by Gasteiger charge is 2.40. The Hall–Kier alpha value is -6.93. The van der Waals surface area contributed by atoms with E-state index < -0.39 is 5.91 Å². The molecule has 7 amide bonds. The number of nitrogens with one attached hydrogen (secondary N) is 4. The number of hydrogen-bond donors (Lipinski definition) is 4. The van der Waals surface area contributed by atoms with Crippen LogP contribution in [0.2, 0.25) is 0 Å². The second kappa shape index (κ2) is 19.7. The van der Waals surface area contributed by atoms with E-state index in [1.54, 1.807) is 49.8 Å². The summed E-state index contributed by atoms with van der Waals surface area (Å²) in [5.41, 5.74) is 3.82. The van der Waals surface area contributed by atoms with Gasteiger partial charge in [0.2, 0.25) is 29.5 Å². The van der Waals surface area contributed by atoms with Crippen LogP contribution in [0.4, 0.5) is 22.9 Å². The van der Waals surface area contributed by atoms with E-state index in [0.29, 0.717) is 40.6 Å². The smallest absolute Gasteiger partial charge is 0.291 e. The van der Waals surface area contributed by atoms with E-state index in [4.69, 9.17) is 9.47 Å². The van der Waals surface area contributed by atoms with Gasteiger partial charge in [0.15, 0.2) is 17.3 Å². The maximum Gasteiger partial charge on any atom is 0.291 e. The first-order valence-corrected chi connectivity index (χ1v) is 23.5. The van der Waals surface area contributed by atoms with Crippen molar-refractivity contribution in [3.63, 3.8) is 0 Å². The lowest BCUT2D eigenvalue weighted by Crippen LogP contribution is -2.41. The molecule has 3 aliphatic rings. The molecule has 0 bridgehead atoms. The van der Waals surface area contributed by atoms with Crippen LogP contribution < -0.4 is 40.5 Å². The Balaban J connectivity index is 0.783. The number of benzene rings is 3. The topological polar surface area (TPSA) is 214 Å². The third kappa shape index (κ3) is 9.69. The van der Waals surface area contributed by atoms with Gasteiger partial charge in [0.05, 0.1) is 41.1 Å². The minimum absolute atomic E-state index is 0.00421. The normalized spacial score (nSPS) is 16.4. The lowest BCUT2D eigenvalue weighted by Gasteiger charge is -2.25. The molecule has 5 aromatic rings. The number of thioether (sulfide) groups is 1. The quantitative estimate of drug-likeness (QED) is 0.0753. The maximum atomic E-state index is 13.9. The molecule has 0 spiro atoms. The van der Waals surface area contributed by atoms with Gasteiger partial charge in [0.1, 0.15) is 0 Å². The average Bonchev–Trinajstić information content (AvgIpc) is 4.05. The number of carbonyl (C=O) groups is 7. The molecular weight excluding hydrogens is 887 g/mol. The van der Waals surface area contributed by atoms with Gasteiger partial charge in [-0.2, -0.15) is 11.8 Å². The number of nitrogens with zero attached hydrogens (tertiary/aromatic N) is 5. The van der Waals surface area contributed by atoms with Crippen LogP contribution >= 0.6 is 23.1 Å². The number of likely N-dealkylation sites (N-methyl/N-ethyl adjacent to an activating group) is 1. The number of aryl methyl sites for hydroxylation is 1. The predicted octanol–water partition coefficient (Wildman–Crippen LogP) is 4.44. The molecule has 1 saturated heterocycles. The van der Waals surface area contributed by atoms with Crippen LogP contribution in [0.5, 0.6) is 11.5 Å². The Bertz CT molecular complexity index is 2750. The number of anilines is 4. The van der Waals surface area contributed by atoms with Crippen LogP contribution in [0.3, 0.4) is 0 Å². The summed E-state index contributed by atoms with van der Waals surface area (Å²) in [5.74, 6) is -0.925. The fourth-order valence-electron chi connectivity index (χ4n) is 8.36. The molecule has 344 valence electrons. The molecule has 3 aliphatic heterocycles. The first kappa shape index (κ1) is 45.6. The van der Waals surface area contributed by atoms with Gasteiger partial charge in [-0.15, -0.1) is 11.3 Å². The van der Waals surface area contributed by atoms with E-state index in [2.05, 4.69) is 37.2 Å². The summed E-state index contributed by atoms with van der Waals surface area (Å²) in [4.78, 5) is 99.6. The van der Waals surface area contributed by atoms with Crippen LogP contribution in [0, 0.1) is 0 Å². The third-order valence-electron chi connectivity index (χ3n) is 11.6. The average molecular weight is 936 g/mol. The van der Waals surface area contributed by atoms with Crippen LogP contribution in [-0.4, -0.2) is 120 Å². The van der Waals surface area contributed by atoms with Crippen molar-refractivity contribution in [1.29, 1.82) is 0 Å². The van der Waals surface area contributed by atoms with Crippen molar-refractivity contribution in [1.82, 2.24) is 25.1 Å². The Morgan fingerprint density at radius 2 is 1.70 bits per heavy atom. The molecule has 66 heavy (non-hydrogen) atoms. The van der Waals surface area contributed by atoms with E-state index in [0.717, 1.165) is 33.4 Å². The predicted molar refractivity (Wildman–Crippen MR) is 252 cm³/mol. The molecule has 2 aromatic heterocycles. The van der Waals surface area contributed by atoms with Gasteiger partial charge in [0.25, 0.3) is 17.7 Å². The van der Waals surface area contributed by atoms with Gasteiger partial charge in [-0.1, -0.05) is 18.2 Å². The standard InChI is InChI=1S/C46H49N9O9S2/c1-52-24-29-19-26-8-5-6-9-31(26)55(29)45(61)30-21-33(63-3)34(22-32(30)52)64-17-7-10-40(57)50-38-25-53(2)42(51-38)44(60)49-28-11-12-35-27(18-28)20-36(66-35)43(59)48-14-13-39(56)47-15-16-54-41(58)23-37(65-4)46(54)62/h5-6,8-9,11-12,18,20-22,25,29,37H,7,10,13-17,19,23-24H2,1-4H3,(H,47,56)(H,48,59)(H,49,60)(H,50,57)/t29-,37?/m0/s1. The van der Waals surface area contributed by atoms with Crippen molar-refractivity contribution >= 4 is 97.4 Å². The molecule has 20 heteroatoms. The number of thiophene rings is 1. The summed E-state index contributed by atoms with van der Waals surface area (Å²) in [6.45, 7) is 1.17. The van der Waals surface area contributed by atoms with Gasteiger partial charge in [-0.05, 0) is 66.4 Å². The van der Waals surface area contributed by atoms with Crippen LogP contribution in [-0.2, 0) is 32.6 Å². The number of amides is 7. The molecule has 5 heterocycles. The molecule has 8 rings (SSSR count). The molecule has 0 radical (unpaired) electrons. The lowest BCUT2D eigenvalue weighted by molar-refractivity contribution is -0.138. The fourth-order valence-corrected chi connectivity index (χ4v) is 9.95. The zero-order chi connectivity index (χ0) is 46.6. The zero-order valence-electron chi connectivity index (χ0n) is 36.8. The van der Waals surface area contributed by atoms with Crippen LogP contribution in [0.15, 0.2) is 66.9 Å². The number of fused-ring (bicyclic) bond motifs is 5. The molecule has 4 N–H and O–H groups in total. The monoisotopic (exact) mass is 935 g/mol. The van der Waals surface area contributed by atoms with E-state index in [1.165, 1.54) is 39.7 Å². The summed E-state index contributed by atoms with van der Waals surface area (Å²) >= 11 is 2.59. The van der Waals surface area contributed by atoms with Crippen molar-refractivity contribution in [3.05, 3.63) is 88.7 Å². The second-order valence-electron chi connectivity index (χ2n) is 16.1. The molecule has 1 fully saturated rings. The lowest BCUT2D eigenvalue weighted by atomic mass is 10.1. The van der Waals surface area contributed by atoms with E-state index in [9.17, 15) is 33.6 Å². The number of aromatic nitrogens is 2. The van der Waals surface area contributed by atoms with Gasteiger partial charge in [-0.25, -0.2) is 4.98 Å². The highest BCUT2D eigenvalue weighted by atomic mass is 32.2. The molecule has 3 aromatic carbocycles. The number of carbonyl (C=O) groups excluding carboxylic acids is 7. The van der Waals surface area contributed by atoms with Gasteiger partial charge >= 0.3 is 0 Å². The number of imidazole rings is 1. The maximum absolute atomic E-state index is 13.9. The highest BCUT2D eigenvalue weighted by Crippen LogP contribution is 2.42. The molecule has 2 atom stereocenters. The summed E-state index contributed by atoms with van der Waals surface area (Å²) in [6, 6.07) is 18.5. The van der Waals surface area contributed by atoms with E-state index in [-0.39, 0.29) is 104 Å². The molecule has 1 unspecified atom stereocenters. The van der Waals surface area contributed by atoms with Crippen LogP contribution in [0.25, 0.3) is 10.1 Å². The first-order chi connectivity index (χ1) is 31.8. The number of likely N-dealkylation sites (tertiary alicyclic amines) is 1. The number of methoxy groups -OCH3 is 1. The fraction of sp³-hybridized carbons (Fsp3) is 0.348. The molecule has 0 saturated carbocycles. The Morgan fingerprint density at radius 3 is 2.48 bits per heavy atom. The third-order valence-corrected chi connectivity index (χ3v) is 13.7. The Morgan fingerprint density at radius 1 is 0.879 bits per heavy atom. The molecular formula is C46H49N9O9S2. The summed E-state index contributed by atoms with van der Waals surface area (Å²) in [7, 11) is 5.13. The highest BCUT2D eigenvalue weighted by molar-refractivity contribution is 8.00. The number of rotatable bonds is 17. The zero-order valence-corrected chi connectivity index (χ0v) is 38.4. The van der Waals surface area contributed by atoms with Gasteiger partial charge in [0, 0.05) is 87.9 Å². The van der Waals surface area contributed by atoms with Crippen molar-refractivity contribution in [2.75, 3.05) is 73.6 Å². The SMILES string of the molecule is COc1cc2c(cc1OCCCC(=O)Nc1cn(C)c(C(=O)Nc3ccc4sc(C(=O)NCCC(=O)NCCN5C(=O)CC(SC)C5=O)cc4c3)n1)N(C)C[C@@H]1Cc3ccccc3N1C2=O. The van der Waals surface area contributed by atoms with Crippen molar-refractivity contribution in [2.45, 2.75) is 43.4 Å².